The van der Waals surface area contributed by atoms with Crippen LogP contribution in [0.15, 0.2) is 85.1 Å². The number of aromatic nitrogens is 1. The quantitative estimate of drug-likeness (QED) is 0.639. The maximum Gasteiger partial charge on any atom is 0.213 e. The van der Waals surface area contributed by atoms with E-state index in [9.17, 15) is 4.79 Å². The Labute approximate surface area is 158 Å². The minimum Gasteiger partial charge on any atom is -0.285 e. The smallest absolute Gasteiger partial charge is 0.213 e. The standard InChI is InChI=1S/C21H19NOS2/c23-20(25-16-14-19-13-7-8-15-22-19)21(24,17-9-3-1-4-10-17)18-11-5-2-6-12-18/h1-13,15,24H,14,16H2. The van der Waals surface area contributed by atoms with Gasteiger partial charge in [0.2, 0.25) is 5.12 Å². The van der Waals surface area contributed by atoms with Gasteiger partial charge in [0.05, 0.1) is 0 Å². The topological polar surface area (TPSA) is 30.0 Å². The molecule has 0 radical (unpaired) electrons. The number of pyridine rings is 1. The molecule has 3 aromatic rings. The van der Waals surface area contributed by atoms with Gasteiger partial charge in [-0.1, -0.05) is 78.5 Å². The van der Waals surface area contributed by atoms with Crippen LogP contribution in [0.25, 0.3) is 0 Å². The minimum atomic E-state index is -0.961. The van der Waals surface area contributed by atoms with Crippen LogP contribution in [0.4, 0.5) is 0 Å². The lowest BCUT2D eigenvalue weighted by Crippen LogP contribution is -2.29. The molecule has 2 aromatic carbocycles. The molecule has 25 heavy (non-hydrogen) atoms. The Bertz CT molecular complexity index is 768. The predicted molar refractivity (Wildman–Crippen MR) is 108 cm³/mol. The average Bonchev–Trinajstić information content (AvgIpc) is 2.69. The summed E-state index contributed by atoms with van der Waals surface area (Å²) in [5, 5.41) is 0.0316. The molecule has 0 atom stereocenters. The molecule has 0 aliphatic rings. The highest BCUT2D eigenvalue weighted by Gasteiger charge is 2.38. The molecule has 1 heterocycles. The largest absolute Gasteiger partial charge is 0.285 e. The number of benzene rings is 2. The van der Waals surface area contributed by atoms with Crippen LogP contribution in [0.1, 0.15) is 16.8 Å². The number of thiol groups is 1. The molecule has 4 heteroatoms. The van der Waals surface area contributed by atoms with Gasteiger partial charge in [-0.15, -0.1) is 0 Å². The summed E-state index contributed by atoms with van der Waals surface area (Å²) in [6, 6.07) is 25.3. The van der Waals surface area contributed by atoms with Crippen LogP contribution in [0.3, 0.4) is 0 Å². The van der Waals surface area contributed by atoms with E-state index in [0.29, 0.717) is 5.75 Å². The number of hydrogen-bond acceptors (Lipinski definition) is 4. The zero-order chi connectivity index (χ0) is 17.5. The number of hydrogen-bond donors (Lipinski definition) is 1. The molecule has 0 fully saturated rings. The second-order valence-electron chi connectivity index (χ2n) is 5.65. The summed E-state index contributed by atoms with van der Waals surface area (Å²) in [5.41, 5.74) is 2.77. The number of carbonyl (C=O) groups excluding carboxylic acids is 1. The van der Waals surface area contributed by atoms with Crippen LogP contribution < -0.4 is 0 Å². The number of rotatable bonds is 6. The third-order valence-corrected chi connectivity index (χ3v) is 5.84. The van der Waals surface area contributed by atoms with E-state index in [1.807, 2.05) is 78.9 Å². The molecular formula is C21H19NOS2. The zero-order valence-corrected chi connectivity index (χ0v) is 15.4. The number of aryl methyl sites for hydroxylation is 1. The van der Waals surface area contributed by atoms with Gasteiger partial charge in [-0.3, -0.25) is 9.78 Å². The Morgan fingerprint density at radius 1 is 0.880 bits per heavy atom. The fourth-order valence-electron chi connectivity index (χ4n) is 2.66. The molecule has 3 rings (SSSR count). The van der Waals surface area contributed by atoms with E-state index in [-0.39, 0.29) is 5.12 Å². The molecule has 0 bridgehead atoms. The molecule has 0 saturated carbocycles. The molecule has 0 N–H and O–H groups in total. The van der Waals surface area contributed by atoms with Gasteiger partial charge in [0.1, 0.15) is 4.75 Å². The Kier molecular flexibility index (Phi) is 5.95. The van der Waals surface area contributed by atoms with Crippen molar-refractivity contribution in [3.8, 4) is 0 Å². The maximum atomic E-state index is 13.1. The Balaban J connectivity index is 1.81. The summed E-state index contributed by atoms with van der Waals surface area (Å²) in [7, 11) is 0. The summed E-state index contributed by atoms with van der Waals surface area (Å²) < 4.78 is -0.961. The highest BCUT2D eigenvalue weighted by Crippen LogP contribution is 2.40. The van der Waals surface area contributed by atoms with E-state index in [4.69, 9.17) is 12.6 Å². The van der Waals surface area contributed by atoms with Crippen molar-refractivity contribution in [1.29, 1.82) is 0 Å². The van der Waals surface area contributed by atoms with Crippen molar-refractivity contribution in [3.05, 3.63) is 102 Å². The van der Waals surface area contributed by atoms with E-state index >= 15 is 0 Å². The fourth-order valence-corrected chi connectivity index (χ4v) is 4.09. The Morgan fingerprint density at radius 3 is 1.96 bits per heavy atom. The minimum absolute atomic E-state index is 0.0316. The Morgan fingerprint density at radius 2 is 1.44 bits per heavy atom. The van der Waals surface area contributed by atoms with Gasteiger partial charge in [0.25, 0.3) is 0 Å². The fraction of sp³-hybridized carbons (Fsp3) is 0.143. The van der Waals surface area contributed by atoms with Crippen molar-refractivity contribution in [2.24, 2.45) is 0 Å². The lowest BCUT2D eigenvalue weighted by Gasteiger charge is -2.28. The van der Waals surface area contributed by atoms with E-state index in [1.165, 1.54) is 11.8 Å². The molecule has 2 nitrogen and oxygen atoms in total. The number of carbonyl (C=O) groups is 1. The third kappa shape index (κ3) is 4.14. The second-order valence-corrected chi connectivity index (χ2v) is 7.39. The van der Waals surface area contributed by atoms with E-state index in [0.717, 1.165) is 23.2 Å². The zero-order valence-electron chi connectivity index (χ0n) is 13.7. The van der Waals surface area contributed by atoms with Crippen molar-refractivity contribution < 1.29 is 4.79 Å². The monoisotopic (exact) mass is 365 g/mol. The summed E-state index contributed by atoms with van der Waals surface area (Å²) in [6.45, 7) is 0. The first-order chi connectivity index (χ1) is 12.2. The van der Waals surface area contributed by atoms with Gasteiger partial charge in [-0.2, -0.15) is 12.6 Å². The second kappa shape index (κ2) is 8.37. The molecule has 0 aliphatic heterocycles. The van der Waals surface area contributed by atoms with Gasteiger partial charge in [-0.05, 0) is 29.7 Å². The summed E-state index contributed by atoms with van der Waals surface area (Å²) in [6.07, 6.45) is 2.53. The van der Waals surface area contributed by atoms with Gasteiger partial charge in [-0.25, -0.2) is 0 Å². The first kappa shape index (κ1) is 17.8. The van der Waals surface area contributed by atoms with Crippen LogP contribution in [0.2, 0.25) is 0 Å². The van der Waals surface area contributed by atoms with Gasteiger partial charge in [0.15, 0.2) is 0 Å². The lowest BCUT2D eigenvalue weighted by atomic mass is 9.91. The maximum absolute atomic E-state index is 13.1. The third-order valence-electron chi connectivity index (χ3n) is 4.00. The van der Waals surface area contributed by atoms with Crippen LogP contribution in [-0.4, -0.2) is 15.9 Å². The number of nitrogens with zero attached hydrogens (tertiary/aromatic N) is 1. The first-order valence-electron chi connectivity index (χ1n) is 8.12. The highest BCUT2D eigenvalue weighted by atomic mass is 32.2. The van der Waals surface area contributed by atoms with E-state index in [2.05, 4.69) is 4.98 Å². The highest BCUT2D eigenvalue weighted by molar-refractivity contribution is 8.15. The van der Waals surface area contributed by atoms with Crippen molar-refractivity contribution >= 4 is 29.5 Å². The van der Waals surface area contributed by atoms with Crippen LogP contribution >= 0.6 is 24.4 Å². The Hall–Kier alpha value is -2.04. The lowest BCUT2D eigenvalue weighted by molar-refractivity contribution is -0.112. The summed E-state index contributed by atoms with van der Waals surface area (Å²) >= 11 is 6.18. The molecule has 0 saturated heterocycles. The first-order valence-corrected chi connectivity index (χ1v) is 9.55. The van der Waals surface area contributed by atoms with Crippen molar-refractivity contribution in [1.82, 2.24) is 4.98 Å². The van der Waals surface area contributed by atoms with Crippen molar-refractivity contribution in [2.45, 2.75) is 11.2 Å². The average molecular weight is 366 g/mol. The number of thioether (sulfide) groups is 1. The van der Waals surface area contributed by atoms with Crippen LogP contribution in [0.5, 0.6) is 0 Å². The van der Waals surface area contributed by atoms with Crippen molar-refractivity contribution in [2.75, 3.05) is 5.75 Å². The molecule has 0 aliphatic carbocycles. The molecule has 0 spiro atoms. The van der Waals surface area contributed by atoms with E-state index in [1.54, 1.807) is 6.20 Å². The SMILES string of the molecule is O=C(SCCc1ccccn1)C(S)(c1ccccc1)c1ccccc1. The van der Waals surface area contributed by atoms with Crippen LogP contribution in [0, 0.1) is 0 Å². The van der Waals surface area contributed by atoms with Crippen molar-refractivity contribution in [3.63, 3.8) is 0 Å². The normalized spacial score (nSPS) is 11.2. The molecule has 126 valence electrons. The molecule has 0 amide bonds. The van der Waals surface area contributed by atoms with Gasteiger partial charge >= 0.3 is 0 Å². The summed E-state index contributed by atoms with van der Waals surface area (Å²) in [4.78, 5) is 17.4. The summed E-state index contributed by atoms with van der Waals surface area (Å²) in [5.74, 6) is 0.678. The van der Waals surface area contributed by atoms with Gasteiger partial charge < -0.3 is 0 Å². The van der Waals surface area contributed by atoms with Gasteiger partial charge in [0, 0.05) is 17.6 Å². The molecule has 1 aromatic heterocycles. The predicted octanol–water partition coefficient (Wildman–Crippen LogP) is 4.76. The van der Waals surface area contributed by atoms with Crippen LogP contribution in [-0.2, 0) is 16.0 Å². The van der Waals surface area contributed by atoms with E-state index < -0.39 is 4.75 Å². The molecule has 0 unspecified atom stereocenters. The molecular weight excluding hydrogens is 346 g/mol.